The number of carbonyl (C=O) groups is 2. The number of benzene rings is 3. The van der Waals surface area contributed by atoms with Crippen molar-refractivity contribution in [3.63, 3.8) is 0 Å². The zero-order chi connectivity index (χ0) is 30.7. The molecule has 0 atom stereocenters. The minimum Gasteiger partial charge on any atom is -0.415 e. The summed E-state index contributed by atoms with van der Waals surface area (Å²) in [6, 6.07) is 16.7. The lowest BCUT2D eigenvalue weighted by atomic mass is 9.99. The van der Waals surface area contributed by atoms with E-state index in [9.17, 15) is 22.8 Å². The molecule has 0 saturated carbocycles. The number of fused-ring (bicyclic) bond motifs is 1. The van der Waals surface area contributed by atoms with Gasteiger partial charge >= 0.3 is 12.1 Å². The molecule has 0 radical (unpaired) electrons. The molecule has 5 aromatic rings. The van der Waals surface area contributed by atoms with Crippen LogP contribution in [0.4, 0.5) is 46.4 Å². The van der Waals surface area contributed by atoms with E-state index in [2.05, 4.69) is 42.3 Å². The smallest absolute Gasteiger partial charge is 0.415 e. The molecule has 0 bridgehead atoms. The average molecular weight is 592 g/mol. The van der Waals surface area contributed by atoms with Crippen molar-refractivity contribution in [2.75, 3.05) is 16.0 Å². The van der Waals surface area contributed by atoms with E-state index >= 15 is 4.39 Å². The predicted octanol–water partition coefficient (Wildman–Crippen LogP) is 6.21. The fourth-order valence-corrected chi connectivity index (χ4v) is 4.05. The third kappa shape index (κ3) is 6.59. The fourth-order valence-electron chi connectivity index (χ4n) is 4.05. The number of aromatic nitrogens is 4. The number of nitrogens with one attached hydrogen (secondary N) is 3. The normalized spacial score (nSPS) is 11.2. The van der Waals surface area contributed by atoms with Gasteiger partial charge in [0.25, 0.3) is 5.91 Å². The van der Waals surface area contributed by atoms with Crippen LogP contribution in [-0.4, -0.2) is 37.8 Å². The number of alkyl halides is 3. The molecule has 14 heteroatoms. The first kappa shape index (κ1) is 28.7. The van der Waals surface area contributed by atoms with Crippen molar-refractivity contribution in [1.29, 1.82) is 0 Å². The Balaban J connectivity index is 1.48. The molecule has 5 rings (SSSR count). The van der Waals surface area contributed by atoms with Crippen LogP contribution in [0.3, 0.4) is 0 Å². The minimum absolute atomic E-state index is 0.0346. The van der Waals surface area contributed by atoms with Crippen LogP contribution in [0.5, 0.6) is 0 Å². The van der Waals surface area contributed by atoms with Gasteiger partial charge in [-0.05, 0) is 34.5 Å². The van der Waals surface area contributed by atoms with Crippen LogP contribution in [-0.2, 0) is 21.4 Å². The predicted molar refractivity (Wildman–Crippen MR) is 151 cm³/mol. The Kier molecular flexibility index (Phi) is 7.75. The molecule has 2 aromatic heterocycles. The van der Waals surface area contributed by atoms with Gasteiger partial charge in [-0.2, -0.15) is 23.3 Å². The van der Waals surface area contributed by atoms with Gasteiger partial charge in [0.05, 0.1) is 17.6 Å². The lowest BCUT2D eigenvalue weighted by Crippen LogP contribution is -2.28. The summed E-state index contributed by atoms with van der Waals surface area (Å²) in [6.07, 6.45) is -0.472. The molecule has 0 fully saturated rings. The van der Waals surface area contributed by atoms with E-state index in [4.69, 9.17) is 0 Å². The Hall–Kier alpha value is -5.79. The Morgan fingerprint density at radius 3 is 2.47 bits per heavy atom. The zero-order valence-electron chi connectivity index (χ0n) is 22.2. The van der Waals surface area contributed by atoms with Crippen LogP contribution in [0.1, 0.15) is 0 Å². The highest BCUT2D eigenvalue weighted by Crippen LogP contribution is 2.35. The lowest BCUT2D eigenvalue weighted by Gasteiger charge is -2.16. The highest BCUT2D eigenvalue weighted by atomic mass is 19.4. The highest BCUT2D eigenvalue weighted by molar-refractivity contribution is 6.04. The van der Waals surface area contributed by atoms with Crippen molar-refractivity contribution in [2.45, 2.75) is 6.18 Å². The van der Waals surface area contributed by atoms with Crippen molar-refractivity contribution in [3.05, 3.63) is 97.4 Å². The summed E-state index contributed by atoms with van der Waals surface area (Å²) in [4.78, 5) is 32.3. The molecule has 3 aromatic carbocycles. The Morgan fingerprint density at radius 1 is 0.953 bits per heavy atom. The van der Waals surface area contributed by atoms with E-state index in [1.54, 1.807) is 30.3 Å². The standard InChI is InChI=1S/C29H21F4N7O3/c1-16(43-27(42)29(31,32)33)26(41)36-18-10-11-23(30)24(12-18)38-25-22(21-9-5-7-17-6-3-4-8-20(17)21)14-34-28(39-25)37-19-13-35-40(2)15-19/h3-15H,1H2,2H3,(H,36,41)(H2,34,37,38,39). The van der Waals surface area contributed by atoms with Crippen LogP contribution in [0.25, 0.3) is 21.9 Å². The summed E-state index contributed by atoms with van der Waals surface area (Å²) >= 11 is 0. The van der Waals surface area contributed by atoms with Gasteiger partial charge in [-0.3, -0.25) is 9.48 Å². The number of hydrogen-bond acceptors (Lipinski definition) is 8. The number of aryl methyl sites for hydroxylation is 1. The van der Waals surface area contributed by atoms with Crippen molar-refractivity contribution in [2.24, 2.45) is 7.05 Å². The van der Waals surface area contributed by atoms with E-state index in [0.717, 1.165) is 28.5 Å². The molecule has 0 saturated heterocycles. The summed E-state index contributed by atoms with van der Waals surface area (Å²) < 4.78 is 58.0. The van der Waals surface area contributed by atoms with Gasteiger partial charge in [0.1, 0.15) is 11.6 Å². The van der Waals surface area contributed by atoms with E-state index in [-0.39, 0.29) is 23.1 Å². The summed E-state index contributed by atoms with van der Waals surface area (Å²) in [5.74, 6) is -5.30. The molecule has 2 heterocycles. The minimum atomic E-state index is -5.32. The number of halogens is 4. The fraction of sp³-hybridized carbons (Fsp3) is 0.0690. The Labute approximate surface area is 241 Å². The van der Waals surface area contributed by atoms with Crippen molar-refractivity contribution >= 4 is 51.5 Å². The Bertz CT molecular complexity index is 1870. The number of anilines is 5. The van der Waals surface area contributed by atoms with Gasteiger partial charge < -0.3 is 20.7 Å². The number of carbonyl (C=O) groups excluding carboxylic acids is 2. The van der Waals surface area contributed by atoms with Crippen LogP contribution in [0.15, 0.2) is 91.6 Å². The van der Waals surface area contributed by atoms with Crippen LogP contribution in [0.2, 0.25) is 0 Å². The summed E-state index contributed by atoms with van der Waals surface area (Å²) in [6.45, 7) is 3.05. The molecule has 0 spiro atoms. The first-order valence-corrected chi connectivity index (χ1v) is 12.4. The van der Waals surface area contributed by atoms with Gasteiger partial charge in [-0.25, -0.2) is 14.2 Å². The average Bonchev–Trinajstić information content (AvgIpc) is 3.38. The van der Waals surface area contributed by atoms with E-state index in [1.165, 1.54) is 6.07 Å². The maximum absolute atomic E-state index is 15.0. The third-order valence-electron chi connectivity index (χ3n) is 6.01. The summed E-state index contributed by atoms with van der Waals surface area (Å²) in [5.41, 5.74) is 1.71. The van der Waals surface area contributed by atoms with Crippen molar-refractivity contribution < 1.29 is 31.9 Å². The summed E-state index contributed by atoms with van der Waals surface area (Å²) in [7, 11) is 1.74. The maximum Gasteiger partial charge on any atom is 0.491 e. The largest absolute Gasteiger partial charge is 0.491 e. The van der Waals surface area contributed by atoms with Crippen LogP contribution in [0, 0.1) is 5.82 Å². The monoisotopic (exact) mass is 591 g/mol. The highest BCUT2D eigenvalue weighted by Gasteiger charge is 2.42. The number of esters is 1. The van der Waals surface area contributed by atoms with E-state index in [1.807, 2.05) is 42.5 Å². The number of nitrogens with zero attached hydrogens (tertiary/aromatic N) is 4. The van der Waals surface area contributed by atoms with Gasteiger partial charge in [0.2, 0.25) is 5.95 Å². The second kappa shape index (κ2) is 11.6. The number of ether oxygens (including phenoxy) is 1. The van der Waals surface area contributed by atoms with Gasteiger partial charge in [-0.15, -0.1) is 0 Å². The third-order valence-corrected chi connectivity index (χ3v) is 6.01. The van der Waals surface area contributed by atoms with Crippen molar-refractivity contribution in [1.82, 2.24) is 19.7 Å². The molecule has 43 heavy (non-hydrogen) atoms. The molecule has 10 nitrogen and oxygen atoms in total. The van der Waals surface area contributed by atoms with Crippen molar-refractivity contribution in [3.8, 4) is 11.1 Å². The van der Waals surface area contributed by atoms with E-state index < -0.39 is 29.6 Å². The van der Waals surface area contributed by atoms with Crippen LogP contribution >= 0.6 is 0 Å². The molecular weight excluding hydrogens is 570 g/mol. The molecule has 0 aliphatic rings. The summed E-state index contributed by atoms with van der Waals surface area (Å²) in [5, 5.41) is 14.1. The van der Waals surface area contributed by atoms with Gasteiger partial charge in [-0.1, -0.05) is 49.0 Å². The molecule has 0 aliphatic carbocycles. The lowest BCUT2D eigenvalue weighted by molar-refractivity contribution is -0.195. The molecule has 1 amide bonds. The van der Waals surface area contributed by atoms with Gasteiger partial charge in [0.15, 0.2) is 5.76 Å². The maximum atomic E-state index is 15.0. The first-order valence-electron chi connectivity index (χ1n) is 12.4. The SMILES string of the molecule is C=C(OC(=O)C(F)(F)F)C(=O)Nc1ccc(F)c(Nc2nc(Nc3cnn(C)c3)ncc2-c2cccc3ccccc23)c1. The number of amides is 1. The Morgan fingerprint density at radius 2 is 1.72 bits per heavy atom. The zero-order valence-corrected chi connectivity index (χ0v) is 22.2. The second-order valence-corrected chi connectivity index (χ2v) is 9.09. The number of rotatable bonds is 8. The van der Waals surface area contributed by atoms with Crippen LogP contribution < -0.4 is 16.0 Å². The topological polar surface area (TPSA) is 123 Å². The second-order valence-electron chi connectivity index (χ2n) is 9.09. The molecular formula is C29H21F4N7O3. The number of hydrogen-bond donors (Lipinski definition) is 3. The molecule has 218 valence electrons. The molecule has 3 N–H and O–H groups in total. The quantitative estimate of drug-likeness (QED) is 0.0842. The van der Waals surface area contributed by atoms with Gasteiger partial charge in [0, 0.05) is 30.7 Å². The molecule has 0 aliphatic heterocycles. The first-order chi connectivity index (χ1) is 20.5. The van der Waals surface area contributed by atoms with E-state index in [0.29, 0.717) is 11.3 Å². The molecule has 0 unspecified atom stereocenters.